The summed E-state index contributed by atoms with van der Waals surface area (Å²) < 4.78 is 23.0. The van der Waals surface area contributed by atoms with Gasteiger partial charge in [-0.05, 0) is 43.4 Å². The number of nitrogens with two attached hydrogens (primary N) is 1. The van der Waals surface area contributed by atoms with Crippen molar-refractivity contribution in [2.24, 2.45) is 11.1 Å². The molecule has 1 fully saturated rings. The molecule has 0 aliphatic carbocycles. The number of aryl methyl sites for hydroxylation is 1. The zero-order valence-electron chi connectivity index (χ0n) is 12.3. The van der Waals surface area contributed by atoms with Gasteiger partial charge in [0, 0.05) is 18.8 Å². The second kappa shape index (κ2) is 6.03. The fraction of sp³-hybridized carbons (Fsp3) is 0.500. The van der Waals surface area contributed by atoms with Crippen LogP contribution >= 0.6 is 0 Å². The standard InChI is InChI=1S/C14H21N3O3S/c1-10-4-3-7-17(9-10)14(18)16-12-6-5-11(2)13(8-12)21(15,19)20/h5-6,8,10H,3-4,7,9H2,1-2H3,(H,16,18)(H2,15,19,20). The van der Waals surface area contributed by atoms with Crippen LogP contribution in [0.2, 0.25) is 0 Å². The first kappa shape index (κ1) is 15.8. The highest BCUT2D eigenvalue weighted by molar-refractivity contribution is 7.89. The van der Waals surface area contributed by atoms with Crippen LogP contribution in [0.1, 0.15) is 25.3 Å². The molecule has 6 nitrogen and oxygen atoms in total. The lowest BCUT2D eigenvalue weighted by Crippen LogP contribution is -2.41. The van der Waals surface area contributed by atoms with Gasteiger partial charge in [0.05, 0.1) is 4.90 Å². The summed E-state index contributed by atoms with van der Waals surface area (Å²) in [6.45, 7) is 5.23. The number of sulfonamides is 1. The minimum absolute atomic E-state index is 0.0345. The number of nitrogens with zero attached hydrogens (tertiary/aromatic N) is 1. The minimum Gasteiger partial charge on any atom is -0.324 e. The van der Waals surface area contributed by atoms with Gasteiger partial charge in [0.15, 0.2) is 0 Å². The largest absolute Gasteiger partial charge is 0.324 e. The Morgan fingerprint density at radius 3 is 2.76 bits per heavy atom. The van der Waals surface area contributed by atoms with Crippen molar-refractivity contribution in [2.75, 3.05) is 18.4 Å². The zero-order valence-corrected chi connectivity index (χ0v) is 13.1. The molecule has 1 aromatic rings. The normalized spacial score (nSPS) is 19.4. The van der Waals surface area contributed by atoms with Gasteiger partial charge in [-0.25, -0.2) is 18.4 Å². The molecule has 0 spiro atoms. The van der Waals surface area contributed by atoms with Gasteiger partial charge >= 0.3 is 6.03 Å². The van der Waals surface area contributed by atoms with E-state index in [0.29, 0.717) is 17.2 Å². The Bertz CT molecular complexity index is 643. The number of amides is 2. The maximum atomic E-state index is 12.2. The van der Waals surface area contributed by atoms with Crippen LogP contribution < -0.4 is 10.5 Å². The van der Waals surface area contributed by atoms with Crippen LogP contribution in [0, 0.1) is 12.8 Å². The van der Waals surface area contributed by atoms with E-state index < -0.39 is 10.0 Å². The maximum absolute atomic E-state index is 12.2. The van der Waals surface area contributed by atoms with Gasteiger partial charge in [-0.1, -0.05) is 13.0 Å². The topological polar surface area (TPSA) is 92.5 Å². The van der Waals surface area contributed by atoms with E-state index in [1.54, 1.807) is 24.0 Å². The van der Waals surface area contributed by atoms with E-state index in [0.717, 1.165) is 25.9 Å². The van der Waals surface area contributed by atoms with Crippen LogP contribution in [0.3, 0.4) is 0 Å². The van der Waals surface area contributed by atoms with Crippen LogP contribution in [0.25, 0.3) is 0 Å². The van der Waals surface area contributed by atoms with Crippen molar-refractivity contribution in [1.82, 2.24) is 4.90 Å². The summed E-state index contributed by atoms with van der Waals surface area (Å²) >= 11 is 0. The molecule has 1 unspecified atom stereocenters. The molecule has 2 amide bonds. The predicted molar refractivity (Wildman–Crippen MR) is 81.5 cm³/mol. The van der Waals surface area contributed by atoms with E-state index in [1.165, 1.54) is 6.07 Å². The first-order valence-electron chi connectivity index (χ1n) is 6.97. The van der Waals surface area contributed by atoms with Crippen LogP contribution in [0.15, 0.2) is 23.1 Å². The van der Waals surface area contributed by atoms with Gasteiger partial charge < -0.3 is 10.2 Å². The van der Waals surface area contributed by atoms with Gasteiger partial charge in [0.1, 0.15) is 0 Å². The van der Waals surface area contributed by atoms with Crippen molar-refractivity contribution >= 4 is 21.7 Å². The van der Waals surface area contributed by atoms with Gasteiger partial charge in [-0.3, -0.25) is 0 Å². The highest BCUT2D eigenvalue weighted by Crippen LogP contribution is 2.21. The number of rotatable bonds is 2. The van der Waals surface area contributed by atoms with Gasteiger partial charge in [0.2, 0.25) is 10.0 Å². The minimum atomic E-state index is -3.79. The third-order valence-corrected chi connectivity index (χ3v) is 4.74. The average molecular weight is 311 g/mol. The number of primary sulfonamides is 1. The monoisotopic (exact) mass is 311 g/mol. The molecule has 2 rings (SSSR count). The highest BCUT2D eigenvalue weighted by Gasteiger charge is 2.21. The molecule has 0 aromatic heterocycles. The number of carbonyl (C=O) groups excluding carboxylic acids is 1. The summed E-state index contributed by atoms with van der Waals surface area (Å²) in [5.41, 5.74) is 0.995. The molecule has 1 saturated heterocycles. The maximum Gasteiger partial charge on any atom is 0.321 e. The van der Waals surface area contributed by atoms with E-state index in [-0.39, 0.29) is 10.9 Å². The number of likely N-dealkylation sites (tertiary alicyclic amines) is 1. The zero-order chi connectivity index (χ0) is 15.6. The summed E-state index contributed by atoms with van der Waals surface area (Å²) in [6, 6.07) is 4.50. The first-order chi connectivity index (χ1) is 9.77. The molecule has 1 aliphatic rings. The van der Waals surface area contributed by atoms with Crippen molar-refractivity contribution in [3.05, 3.63) is 23.8 Å². The smallest absolute Gasteiger partial charge is 0.321 e. The number of carbonyl (C=O) groups is 1. The summed E-state index contributed by atoms with van der Waals surface area (Å²) in [6.07, 6.45) is 2.12. The van der Waals surface area contributed by atoms with Crippen molar-refractivity contribution in [1.29, 1.82) is 0 Å². The summed E-state index contributed by atoms with van der Waals surface area (Å²) in [5, 5.41) is 7.91. The number of benzene rings is 1. The predicted octanol–water partition coefficient (Wildman–Crippen LogP) is 1.91. The second-order valence-electron chi connectivity index (χ2n) is 5.65. The Morgan fingerprint density at radius 1 is 1.43 bits per heavy atom. The Kier molecular flexibility index (Phi) is 4.53. The summed E-state index contributed by atoms with van der Waals surface area (Å²) in [5.74, 6) is 0.488. The molecule has 1 atom stereocenters. The van der Waals surface area contributed by atoms with Crippen LogP contribution in [-0.4, -0.2) is 32.4 Å². The highest BCUT2D eigenvalue weighted by atomic mass is 32.2. The molecule has 116 valence electrons. The van der Waals surface area contributed by atoms with E-state index in [1.807, 2.05) is 0 Å². The molecule has 0 saturated carbocycles. The number of piperidine rings is 1. The molecule has 1 heterocycles. The fourth-order valence-electron chi connectivity index (χ4n) is 2.56. The SMILES string of the molecule is Cc1ccc(NC(=O)N2CCCC(C)C2)cc1S(N)(=O)=O. The van der Waals surface area contributed by atoms with Crippen molar-refractivity contribution < 1.29 is 13.2 Å². The molecular formula is C14H21N3O3S. The Balaban J connectivity index is 2.14. The third kappa shape index (κ3) is 3.95. The van der Waals surface area contributed by atoms with Crippen LogP contribution in [-0.2, 0) is 10.0 Å². The van der Waals surface area contributed by atoms with Gasteiger partial charge in [0.25, 0.3) is 0 Å². The fourth-order valence-corrected chi connectivity index (χ4v) is 3.37. The van der Waals surface area contributed by atoms with E-state index in [4.69, 9.17) is 5.14 Å². The second-order valence-corrected chi connectivity index (χ2v) is 7.18. The lowest BCUT2D eigenvalue weighted by Gasteiger charge is -2.31. The lowest BCUT2D eigenvalue weighted by atomic mass is 10.0. The number of hydrogen-bond acceptors (Lipinski definition) is 3. The Labute approximate surface area is 125 Å². The summed E-state index contributed by atoms with van der Waals surface area (Å²) in [7, 11) is -3.79. The number of hydrogen-bond donors (Lipinski definition) is 2. The molecule has 21 heavy (non-hydrogen) atoms. The number of nitrogens with one attached hydrogen (secondary N) is 1. The number of anilines is 1. The van der Waals surface area contributed by atoms with E-state index >= 15 is 0 Å². The van der Waals surface area contributed by atoms with Gasteiger partial charge in [-0.15, -0.1) is 0 Å². The van der Waals surface area contributed by atoms with E-state index in [2.05, 4.69) is 12.2 Å². The average Bonchev–Trinajstić information content (AvgIpc) is 2.39. The Morgan fingerprint density at radius 2 is 2.14 bits per heavy atom. The van der Waals surface area contributed by atoms with Crippen LogP contribution in [0.4, 0.5) is 10.5 Å². The lowest BCUT2D eigenvalue weighted by molar-refractivity contribution is 0.182. The third-order valence-electron chi connectivity index (χ3n) is 3.69. The van der Waals surface area contributed by atoms with Crippen molar-refractivity contribution in [3.8, 4) is 0 Å². The molecule has 3 N–H and O–H groups in total. The van der Waals surface area contributed by atoms with Crippen molar-refractivity contribution in [2.45, 2.75) is 31.6 Å². The van der Waals surface area contributed by atoms with E-state index in [9.17, 15) is 13.2 Å². The molecule has 0 bridgehead atoms. The first-order valence-corrected chi connectivity index (χ1v) is 8.51. The summed E-state index contributed by atoms with van der Waals surface area (Å²) in [4.78, 5) is 14.0. The number of urea groups is 1. The molecule has 1 aromatic carbocycles. The van der Waals surface area contributed by atoms with Crippen LogP contribution in [0.5, 0.6) is 0 Å². The Hall–Kier alpha value is -1.60. The quantitative estimate of drug-likeness (QED) is 0.873. The molecular weight excluding hydrogens is 290 g/mol. The molecule has 0 radical (unpaired) electrons. The molecule has 7 heteroatoms. The molecule has 1 aliphatic heterocycles. The van der Waals surface area contributed by atoms with Gasteiger partial charge in [-0.2, -0.15) is 0 Å². The van der Waals surface area contributed by atoms with Crippen molar-refractivity contribution in [3.63, 3.8) is 0 Å².